The van der Waals surface area contributed by atoms with Crippen LogP contribution in [-0.2, 0) is 6.18 Å². The normalized spacial score (nSPS) is 19.8. The summed E-state index contributed by atoms with van der Waals surface area (Å²) in [6.07, 6.45) is -3.33. The Morgan fingerprint density at radius 2 is 1.93 bits per heavy atom. The number of halogens is 3. The average Bonchev–Trinajstić information content (AvgIpc) is 2.68. The summed E-state index contributed by atoms with van der Waals surface area (Å²) in [6, 6.07) is 9.30. The van der Waals surface area contributed by atoms with E-state index in [0.717, 1.165) is 6.07 Å². The highest BCUT2D eigenvalue weighted by molar-refractivity contribution is 5.98. The molecular formula is C20H19F3N2O3. The molecule has 0 radical (unpaired) electrons. The van der Waals surface area contributed by atoms with Gasteiger partial charge in [0.05, 0.1) is 11.6 Å². The molecule has 1 heterocycles. The fraction of sp³-hybridized carbons (Fsp3) is 0.250. The van der Waals surface area contributed by atoms with Crippen molar-refractivity contribution < 1.29 is 28.2 Å². The van der Waals surface area contributed by atoms with Crippen molar-refractivity contribution in [2.45, 2.75) is 25.1 Å². The van der Waals surface area contributed by atoms with E-state index in [1.54, 1.807) is 25.1 Å². The maximum Gasteiger partial charge on any atom is 0.416 e. The van der Waals surface area contributed by atoms with Crippen LogP contribution in [-0.4, -0.2) is 22.7 Å². The zero-order chi connectivity index (χ0) is 20.5. The first-order valence-corrected chi connectivity index (χ1v) is 8.58. The van der Waals surface area contributed by atoms with Gasteiger partial charge in [0.15, 0.2) is 0 Å². The topological polar surface area (TPSA) is 81.6 Å². The minimum Gasteiger partial charge on any atom is -0.508 e. The Hall–Kier alpha value is -3.00. The first-order chi connectivity index (χ1) is 13.2. The van der Waals surface area contributed by atoms with Gasteiger partial charge in [-0.1, -0.05) is 31.2 Å². The number of nitrogens with one attached hydrogen (secondary N) is 2. The first-order valence-electron chi connectivity index (χ1n) is 8.58. The number of carbonyl (C=O) groups excluding carboxylic acids is 1. The van der Waals surface area contributed by atoms with Crippen LogP contribution >= 0.6 is 0 Å². The quantitative estimate of drug-likeness (QED) is 0.591. The van der Waals surface area contributed by atoms with Crippen LogP contribution in [0.25, 0.3) is 0 Å². The molecule has 8 heteroatoms. The Morgan fingerprint density at radius 1 is 1.21 bits per heavy atom. The van der Waals surface area contributed by atoms with Crippen LogP contribution in [0.1, 0.15) is 45.9 Å². The summed E-state index contributed by atoms with van der Waals surface area (Å²) < 4.78 is 40.2. The molecule has 1 aliphatic heterocycles. The number of aliphatic hydroxyl groups is 2. The number of alkyl halides is 3. The van der Waals surface area contributed by atoms with Gasteiger partial charge < -0.3 is 20.8 Å². The van der Waals surface area contributed by atoms with E-state index in [2.05, 4.69) is 10.6 Å². The van der Waals surface area contributed by atoms with Gasteiger partial charge in [-0.2, -0.15) is 13.2 Å². The zero-order valence-electron chi connectivity index (χ0n) is 14.9. The number of hydrogen-bond acceptors (Lipinski definition) is 4. The lowest BCUT2D eigenvalue weighted by molar-refractivity contribution is -0.138. The smallest absolute Gasteiger partial charge is 0.416 e. The van der Waals surface area contributed by atoms with Gasteiger partial charge in [-0.25, -0.2) is 0 Å². The third-order valence-electron chi connectivity index (χ3n) is 4.74. The molecule has 2 unspecified atom stereocenters. The van der Waals surface area contributed by atoms with Crippen molar-refractivity contribution in [1.82, 2.24) is 5.32 Å². The number of carbonyl (C=O) groups is 1. The maximum absolute atomic E-state index is 13.4. The second kappa shape index (κ2) is 7.55. The molecule has 0 spiro atoms. The summed E-state index contributed by atoms with van der Waals surface area (Å²) in [6.45, 7) is 1.23. The highest BCUT2D eigenvalue weighted by Crippen LogP contribution is 2.42. The second-order valence-corrected chi connectivity index (χ2v) is 6.56. The van der Waals surface area contributed by atoms with Crippen LogP contribution in [0, 0.1) is 0 Å². The molecule has 2 aromatic rings. The van der Waals surface area contributed by atoms with Crippen LogP contribution < -0.4 is 10.6 Å². The number of amides is 1. The highest BCUT2D eigenvalue weighted by atomic mass is 19.4. The third kappa shape index (κ3) is 3.82. The molecule has 4 N–H and O–H groups in total. The Kier molecular flexibility index (Phi) is 5.33. The lowest BCUT2D eigenvalue weighted by atomic mass is 9.81. The lowest BCUT2D eigenvalue weighted by Crippen LogP contribution is -2.38. The van der Waals surface area contributed by atoms with E-state index in [1.165, 1.54) is 24.4 Å². The Labute approximate surface area is 159 Å². The largest absolute Gasteiger partial charge is 0.508 e. The maximum atomic E-state index is 13.4. The predicted molar refractivity (Wildman–Crippen MR) is 97.9 cm³/mol. The van der Waals surface area contributed by atoms with Gasteiger partial charge in [-0.15, -0.1) is 0 Å². The van der Waals surface area contributed by atoms with Crippen molar-refractivity contribution in [1.29, 1.82) is 0 Å². The molecule has 0 fully saturated rings. The summed E-state index contributed by atoms with van der Waals surface area (Å²) in [7, 11) is 0. The SMILES string of the molecule is CC1c2ccc(N/C=C(\O)CO)cc2C(=O)NC1c1ccccc1C(F)(F)F. The summed E-state index contributed by atoms with van der Waals surface area (Å²) in [5.41, 5.74) is 0.731. The van der Waals surface area contributed by atoms with Crippen LogP contribution in [0.2, 0.25) is 0 Å². The van der Waals surface area contributed by atoms with E-state index in [0.29, 0.717) is 16.8 Å². The van der Waals surface area contributed by atoms with Gasteiger partial charge in [0.2, 0.25) is 0 Å². The number of anilines is 1. The summed E-state index contributed by atoms with van der Waals surface area (Å²) in [4.78, 5) is 12.6. The van der Waals surface area contributed by atoms with Crippen molar-refractivity contribution in [2.24, 2.45) is 0 Å². The molecule has 1 amide bonds. The number of fused-ring (bicyclic) bond motifs is 1. The minimum absolute atomic E-state index is 0.0273. The van der Waals surface area contributed by atoms with E-state index in [4.69, 9.17) is 5.11 Å². The molecule has 0 saturated carbocycles. The molecule has 2 aromatic carbocycles. The Bertz CT molecular complexity index is 925. The van der Waals surface area contributed by atoms with Crippen molar-refractivity contribution >= 4 is 11.6 Å². The second-order valence-electron chi connectivity index (χ2n) is 6.56. The van der Waals surface area contributed by atoms with Gasteiger partial charge in [0.1, 0.15) is 12.4 Å². The highest BCUT2D eigenvalue weighted by Gasteiger charge is 2.39. The molecule has 3 rings (SSSR count). The van der Waals surface area contributed by atoms with Gasteiger partial charge in [0, 0.05) is 23.4 Å². The molecule has 28 heavy (non-hydrogen) atoms. The number of rotatable bonds is 4. The zero-order valence-corrected chi connectivity index (χ0v) is 14.9. The van der Waals surface area contributed by atoms with Crippen LogP contribution in [0.5, 0.6) is 0 Å². The first kappa shape index (κ1) is 19.8. The third-order valence-corrected chi connectivity index (χ3v) is 4.74. The number of hydrogen-bond donors (Lipinski definition) is 4. The van der Waals surface area contributed by atoms with Crippen LogP contribution in [0.3, 0.4) is 0 Å². The molecule has 5 nitrogen and oxygen atoms in total. The average molecular weight is 392 g/mol. The summed E-state index contributed by atoms with van der Waals surface area (Å²) in [5.74, 6) is -1.14. The molecular weight excluding hydrogens is 373 g/mol. The molecule has 2 atom stereocenters. The monoisotopic (exact) mass is 392 g/mol. The molecule has 0 aromatic heterocycles. The van der Waals surface area contributed by atoms with Crippen molar-refractivity contribution in [3.05, 3.63) is 76.7 Å². The Balaban J connectivity index is 1.96. The fourth-order valence-corrected chi connectivity index (χ4v) is 3.35. The summed E-state index contributed by atoms with van der Waals surface area (Å²) >= 11 is 0. The van der Waals surface area contributed by atoms with Crippen molar-refractivity contribution in [3.63, 3.8) is 0 Å². The van der Waals surface area contributed by atoms with Crippen LogP contribution in [0.15, 0.2) is 54.4 Å². The predicted octanol–water partition coefficient (Wildman–Crippen LogP) is 4.10. The summed E-state index contributed by atoms with van der Waals surface area (Å²) in [5, 5.41) is 23.5. The van der Waals surface area contributed by atoms with E-state index >= 15 is 0 Å². The van der Waals surface area contributed by atoms with Gasteiger partial charge in [-0.3, -0.25) is 4.79 Å². The molecule has 148 valence electrons. The fourth-order valence-electron chi connectivity index (χ4n) is 3.35. The van der Waals surface area contributed by atoms with E-state index in [-0.39, 0.29) is 17.2 Å². The standard InChI is InChI=1S/C20H19F3N2O3/c1-11-14-7-6-12(24-9-13(27)10-26)8-16(14)19(28)25-18(11)15-4-2-3-5-17(15)20(21,22)23/h2-9,11,18,24,26-27H,10H2,1H3,(H,25,28)/b13-9-. The molecule has 0 bridgehead atoms. The molecule has 1 aliphatic rings. The van der Waals surface area contributed by atoms with Crippen molar-refractivity contribution in [3.8, 4) is 0 Å². The Morgan fingerprint density at radius 3 is 2.61 bits per heavy atom. The molecule has 0 saturated heterocycles. The van der Waals surface area contributed by atoms with Gasteiger partial charge in [-0.05, 0) is 29.3 Å². The van der Waals surface area contributed by atoms with E-state index < -0.39 is 30.3 Å². The minimum atomic E-state index is -4.52. The molecule has 0 aliphatic carbocycles. The number of benzene rings is 2. The van der Waals surface area contributed by atoms with E-state index in [9.17, 15) is 23.1 Å². The number of aliphatic hydroxyl groups excluding tert-OH is 2. The van der Waals surface area contributed by atoms with Gasteiger partial charge in [0.25, 0.3) is 5.91 Å². The van der Waals surface area contributed by atoms with Gasteiger partial charge >= 0.3 is 6.18 Å². The lowest BCUT2D eigenvalue weighted by Gasteiger charge is -2.33. The van der Waals surface area contributed by atoms with Crippen molar-refractivity contribution in [2.75, 3.05) is 11.9 Å². The van der Waals surface area contributed by atoms with E-state index in [1.807, 2.05) is 0 Å². The van der Waals surface area contributed by atoms with Crippen LogP contribution in [0.4, 0.5) is 18.9 Å².